The Morgan fingerprint density at radius 2 is 1.91 bits per heavy atom. The van der Waals surface area contributed by atoms with Crippen LogP contribution in [0.2, 0.25) is 0 Å². The van der Waals surface area contributed by atoms with Crippen LogP contribution in [0.4, 0.5) is 10.5 Å². The number of hydrogen-bond acceptors (Lipinski definition) is 6. The molecule has 0 unspecified atom stereocenters. The summed E-state index contributed by atoms with van der Waals surface area (Å²) < 4.78 is 5.46. The van der Waals surface area contributed by atoms with E-state index in [1.54, 1.807) is 18.3 Å². The number of aryl methyl sites for hydroxylation is 1. The number of ether oxygens (including phenoxy) is 1. The highest BCUT2D eigenvalue weighted by atomic mass is 32.1. The number of anilines is 1. The highest BCUT2D eigenvalue weighted by molar-refractivity contribution is 7.10. The summed E-state index contributed by atoms with van der Waals surface area (Å²) in [4.78, 5) is 44.4. The van der Waals surface area contributed by atoms with Gasteiger partial charge in [0.25, 0.3) is 5.91 Å². The van der Waals surface area contributed by atoms with Crippen LogP contribution < -0.4 is 10.2 Å². The minimum Gasteiger partial charge on any atom is -0.379 e. The molecule has 2 fully saturated rings. The number of carbonyl (C=O) groups is 3. The Kier molecular flexibility index (Phi) is 6.88. The highest BCUT2D eigenvalue weighted by Gasteiger charge is 2.44. The van der Waals surface area contributed by atoms with E-state index in [-0.39, 0.29) is 24.4 Å². The summed E-state index contributed by atoms with van der Waals surface area (Å²) in [5, 5.41) is 4.95. The number of nitrogens with zero attached hydrogens (tertiary/aromatic N) is 3. The van der Waals surface area contributed by atoms with Crippen molar-refractivity contribution in [1.29, 1.82) is 0 Å². The van der Waals surface area contributed by atoms with Crippen molar-refractivity contribution >= 4 is 34.9 Å². The first-order valence-corrected chi connectivity index (χ1v) is 11.7. The first-order chi connectivity index (χ1) is 15.5. The summed E-state index contributed by atoms with van der Waals surface area (Å²) >= 11 is 1.65. The van der Waals surface area contributed by atoms with Crippen molar-refractivity contribution in [2.45, 2.75) is 25.9 Å². The summed E-state index contributed by atoms with van der Waals surface area (Å²) in [6, 6.07) is 10.4. The Balaban J connectivity index is 1.40. The SMILES string of the molecule is Cc1ccc(N2C(=O)N(CC(=O)NC[C@H](c3cccs3)N3CCOCC3)C(=O)[C@@H]2C)cc1. The van der Waals surface area contributed by atoms with Gasteiger partial charge in [-0.1, -0.05) is 23.8 Å². The Bertz CT molecular complexity index is 957. The van der Waals surface area contributed by atoms with Crippen molar-refractivity contribution < 1.29 is 19.1 Å². The maximum absolute atomic E-state index is 12.9. The molecule has 0 saturated carbocycles. The van der Waals surface area contributed by atoms with Crippen LogP contribution in [-0.2, 0) is 14.3 Å². The summed E-state index contributed by atoms with van der Waals surface area (Å²) in [6.07, 6.45) is 0. The maximum Gasteiger partial charge on any atom is 0.332 e. The predicted molar refractivity (Wildman–Crippen MR) is 123 cm³/mol. The zero-order valence-electron chi connectivity index (χ0n) is 18.3. The maximum atomic E-state index is 12.9. The van der Waals surface area contributed by atoms with Gasteiger partial charge in [-0.25, -0.2) is 4.79 Å². The van der Waals surface area contributed by atoms with E-state index in [9.17, 15) is 14.4 Å². The fourth-order valence-electron chi connectivity index (χ4n) is 4.10. The van der Waals surface area contributed by atoms with E-state index < -0.39 is 12.1 Å². The molecule has 0 aliphatic carbocycles. The lowest BCUT2D eigenvalue weighted by Crippen LogP contribution is -2.46. The molecule has 9 heteroatoms. The average molecular weight is 457 g/mol. The molecule has 4 rings (SSSR count). The molecule has 1 N–H and O–H groups in total. The molecule has 2 aliphatic heterocycles. The number of thiophene rings is 1. The van der Waals surface area contributed by atoms with E-state index in [1.165, 1.54) is 9.78 Å². The second-order valence-electron chi connectivity index (χ2n) is 8.07. The van der Waals surface area contributed by atoms with Gasteiger partial charge < -0.3 is 10.1 Å². The van der Waals surface area contributed by atoms with Gasteiger partial charge in [-0.3, -0.25) is 24.3 Å². The fraction of sp³-hybridized carbons (Fsp3) is 0.435. The summed E-state index contributed by atoms with van der Waals surface area (Å²) in [6.45, 7) is 6.69. The van der Waals surface area contributed by atoms with Gasteiger partial charge in [0.15, 0.2) is 0 Å². The van der Waals surface area contributed by atoms with Crippen LogP contribution in [-0.4, -0.2) is 73.1 Å². The standard InChI is InChI=1S/C23H28N4O4S/c1-16-5-7-18(8-6-16)27-17(2)22(29)26(23(27)30)15-21(28)24-14-19(20-4-3-13-32-20)25-9-11-31-12-10-25/h3-8,13,17,19H,9-12,14-15H2,1-2H3,(H,24,28)/t17-,19+/m0/s1. The van der Waals surface area contributed by atoms with Gasteiger partial charge in [0.05, 0.1) is 19.3 Å². The largest absolute Gasteiger partial charge is 0.379 e. The van der Waals surface area contributed by atoms with E-state index in [1.807, 2.05) is 42.6 Å². The van der Waals surface area contributed by atoms with Crippen LogP contribution in [0.25, 0.3) is 0 Å². The molecule has 2 atom stereocenters. The van der Waals surface area contributed by atoms with Crippen LogP contribution in [0.5, 0.6) is 0 Å². The predicted octanol–water partition coefficient (Wildman–Crippen LogP) is 2.40. The third-order valence-corrected chi connectivity index (χ3v) is 6.89. The van der Waals surface area contributed by atoms with Crippen LogP contribution in [0.3, 0.4) is 0 Å². The van der Waals surface area contributed by atoms with Crippen molar-refractivity contribution in [3.8, 4) is 0 Å². The van der Waals surface area contributed by atoms with Crippen molar-refractivity contribution in [3.05, 3.63) is 52.2 Å². The zero-order valence-corrected chi connectivity index (χ0v) is 19.1. The molecule has 0 bridgehead atoms. The minimum atomic E-state index is -0.648. The number of morpholine rings is 1. The molecule has 170 valence electrons. The molecule has 32 heavy (non-hydrogen) atoms. The molecule has 1 aromatic heterocycles. The number of nitrogens with one attached hydrogen (secondary N) is 1. The summed E-state index contributed by atoms with van der Waals surface area (Å²) in [5.74, 6) is -0.715. The van der Waals surface area contributed by atoms with Gasteiger partial charge in [-0.05, 0) is 37.4 Å². The molecule has 0 spiro atoms. The highest BCUT2D eigenvalue weighted by Crippen LogP contribution is 2.27. The first-order valence-electron chi connectivity index (χ1n) is 10.8. The van der Waals surface area contributed by atoms with Gasteiger partial charge in [0, 0.05) is 30.2 Å². The van der Waals surface area contributed by atoms with Gasteiger partial charge in [0.1, 0.15) is 12.6 Å². The lowest BCUT2D eigenvalue weighted by Gasteiger charge is -2.34. The number of urea groups is 1. The van der Waals surface area contributed by atoms with Gasteiger partial charge >= 0.3 is 6.03 Å². The molecule has 0 radical (unpaired) electrons. The second-order valence-corrected chi connectivity index (χ2v) is 9.05. The number of carbonyl (C=O) groups excluding carboxylic acids is 3. The van der Waals surface area contributed by atoms with E-state index in [0.717, 1.165) is 23.6 Å². The molecule has 2 aromatic rings. The number of benzene rings is 1. The lowest BCUT2D eigenvalue weighted by molar-refractivity contribution is -0.132. The van der Waals surface area contributed by atoms with Crippen molar-refractivity contribution in [1.82, 2.24) is 15.1 Å². The molecular weight excluding hydrogens is 428 g/mol. The molecule has 3 heterocycles. The summed E-state index contributed by atoms with van der Waals surface area (Å²) in [7, 11) is 0. The minimum absolute atomic E-state index is 0.0378. The van der Waals surface area contributed by atoms with E-state index in [2.05, 4.69) is 16.3 Å². The van der Waals surface area contributed by atoms with Crippen molar-refractivity contribution in [2.24, 2.45) is 0 Å². The monoisotopic (exact) mass is 456 g/mol. The Morgan fingerprint density at radius 1 is 1.19 bits per heavy atom. The molecule has 2 aliphatic rings. The third-order valence-electron chi connectivity index (χ3n) is 5.91. The van der Waals surface area contributed by atoms with E-state index in [4.69, 9.17) is 4.74 Å². The van der Waals surface area contributed by atoms with Crippen LogP contribution in [0, 0.1) is 6.92 Å². The quantitative estimate of drug-likeness (QED) is 0.647. The number of hydrogen-bond donors (Lipinski definition) is 1. The van der Waals surface area contributed by atoms with Crippen LogP contribution in [0.15, 0.2) is 41.8 Å². The van der Waals surface area contributed by atoms with E-state index >= 15 is 0 Å². The molecule has 4 amide bonds. The Labute approximate surface area is 191 Å². The van der Waals surface area contributed by atoms with Gasteiger partial charge in [-0.15, -0.1) is 11.3 Å². The Hall–Kier alpha value is -2.75. The topological polar surface area (TPSA) is 82.2 Å². The molecule has 2 saturated heterocycles. The third kappa shape index (κ3) is 4.69. The van der Waals surface area contributed by atoms with E-state index in [0.29, 0.717) is 25.4 Å². The average Bonchev–Trinajstić information content (AvgIpc) is 3.39. The van der Waals surface area contributed by atoms with Crippen molar-refractivity contribution in [3.63, 3.8) is 0 Å². The fourth-order valence-corrected chi connectivity index (χ4v) is 4.96. The molecular formula is C23H28N4O4S. The summed E-state index contributed by atoms with van der Waals surface area (Å²) in [5.41, 5.74) is 1.71. The number of imide groups is 1. The molecule has 8 nitrogen and oxygen atoms in total. The first kappa shape index (κ1) is 22.4. The van der Waals surface area contributed by atoms with Crippen LogP contribution >= 0.6 is 11.3 Å². The molecule has 1 aromatic carbocycles. The Morgan fingerprint density at radius 3 is 2.56 bits per heavy atom. The number of rotatable bonds is 7. The second kappa shape index (κ2) is 9.81. The van der Waals surface area contributed by atoms with Crippen LogP contribution in [0.1, 0.15) is 23.4 Å². The van der Waals surface area contributed by atoms with Gasteiger partial charge in [0.2, 0.25) is 5.91 Å². The smallest absolute Gasteiger partial charge is 0.332 e. The van der Waals surface area contributed by atoms with Crippen molar-refractivity contribution in [2.75, 3.05) is 44.3 Å². The number of amides is 4. The zero-order chi connectivity index (χ0) is 22.7. The normalized spacial score (nSPS) is 20.6. The van der Waals surface area contributed by atoms with Gasteiger partial charge in [-0.2, -0.15) is 0 Å². The lowest BCUT2D eigenvalue weighted by atomic mass is 10.2.